The number of hydrogen-bond donors (Lipinski definition) is 1. The Kier molecular flexibility index (Phi) is 7.47. The van der Waals surface area contributed by atoms with Crippen molar-refractivity contribution in [3.05, 3.63) is 22.4 Å². The minimum Gasteiger partial charge on any atom is -0.381 e. The molecule has 0 saturated heterocycles. The molecule has 0 fully saturated rings. The fraction of sp³-hybridized carbons (Fsp3) is 0.692. The second-order valence-electron chi connectivity index (χ2n) is 4.06. The van der Waals surface area contributed by atoms with E-state index in [9.17, 15) is 0 Å². The molecular formula is C13H23NOS. The molecule has 16 heavy (non-hydrogen) atoms. The van der Waals surface area contributed by atoms with E-state index in [0.29, 0.717) is 6.04 Å². The van der Waals surface area contributed by atoms with Crippen molar-refractivity contribution in [3.8, 4) is 0 Å². The minimum atomic E-state index is 0.580. The van der Waals surface area contributed by atoms with Crippen LogP contribution >= 0.6 is 11.3 Å². The molecule has 1 N–H and O–H groups in total. The van der Waals surface area contributed by atoms with Crippen LogP contribution in [0.15, 0.2) is 16.8 Å². The Bertz CT molecular complexity index is 248. The van der Waals surface area contributed by atoms with Gasteiger partial charge in [0.15, 0.2) is 0 Å². The summed E-state index contributed by atoms with van der Waals surface area (Å²) < 4.78 is 5.51. The van der Waals surface area contributed by atoms with Gasteiger partial charge in [0.25, 0.3) is 0 Å². The van der Waals surface area contributed by atoms with Crippen LogP contribution in [0.3, 0.4) is 0 Å². The zero-order valence-corrected chi connectivity index (χ0v) is 11.2. The fourth-order valence-electron chi connectivity index (χ4n) is 1.68. The highest BCUT2D eigenvalue weighted by molar-refractivity contribution is 7.07. The van der Waals surface area contributed by atoms with E-state index in [1.165, 1.54) is 18.4 Å². The van der Waals surface area contributed by atoms with Gasteiger partial charge in [0, 0.05) is 19.3 Å². The third-order valence-electron chi connectivity index (χ3n) is 2.73. The summed E-state index contributed by atoms with van der Waals surface area (Å²) in [5, 5.41) is 7.75. The van der Waals surface area contributed by atoms with Gasteiger partial charge < -0.3 is 10.1 Å². The molecule has 92 valence electrons. The lowest BCUT2D eigenvalue weighted by Gasteiger charge is -2.15. The number of nitrogens with one attached hydrogen (secondary N) is 1. The van der Waals surface area contributed by atoms with Crippen molar-refractivity contribution >= 4 is 11.3 Å². The van der Waals surface area contributed by atoms with Crippen LogP contribution in [0, 0.1) is 0 Å². The molecule has 0 aliphatic rings. The predicted octanol–water partition coefficient (Wildman–Crippen LogP) is 3.09. The topological polar surface area (TPSA) is 21.3 Å². The maximum Gasteiger partial charge on any atom is 0.0480 e. The van der Waals surface area contributed by atoms with Crippen LogP contribution < -0.4 is 5.32 Å². The van der Waals surface area contributed by atoms with E-state index in [2.05, 4.69) is 29.1 Å². The minimum absolute atomic E-state index is 0.580. The Hall–Kier alpha value is -0.380. The molecule has 1 aromatic rings. The summed E-state index contributed by atoms with van der Waals surface area (Å²) in [6.07, 6.45) is 4.59. The molecule has 1 aromatic heterocycles. The molecule has 0 aromatic carbocycles. The van der Waals surface area contributed by atoms with Crippen molar-refractivity contribution in [2.24, 2.45) is 0 Å². The van der Waals surface area contributed by atoms with Crippen LogP contribution in [0.25, 0.3) is 0 Å². The summed E-state index contributed by atoms with van der Waals surface area (Å²) in [5.74, 6) is 0. The van der Waals surface area contributed by atoms with Gasteiger partial charge in [-0.15, -0.1) is 0 Å². The molecular weight excluding hydrogens is 218 g/mol. The van der Waals surface area contributed by atoms with Crippen LogP contribution in [0.4, 0.5) is 0 Å². The Balaban J connectivity index is 2.11. The molecule has 0 spiro atoms. The van der Waals surface area contributed by atoms with Crippen molar-refractivity contribution in [3.63, 3.8) is 0 Å². The lowest BCUT2D eigenvalue weighted by molar-refractivity contribution is 0.124. The van der Waals surface area contributed by atoms with E-state index in [4.69, 9.17) is 4.74 Å². The van der Waals surface area contributed by atoms with Crippen molar-refractivity contribution in [2.75, 3.05) is 20.3 Å². The van der Waals surface area contributed by atoms with Gasteiger partial charge >= 0.3 is 0 Å². The molecule has 1 unspecified atom stereocenters. The maximum atomic E-state index is 5.51. The predicted molar refractivity (Wildman–Crippen MR) is 71.2 cm³/mol. The van der Waals surface area contributed by atoms with Crippen molar-refractivity contribution < 1.29 is 4.74 Å². The van der Waals surface area contributed by atoms with Crippen molar-refractivity contribution in [1.82, 2.24) is 5.32 Å². The molecule has 0 aliphatic heterocycles. The first-order chi connectivity index (χ1) is 7.86. The van der Waals surface area contributed by atoms with E-state index in [-0.39, 0.29) is 0 Å². The van der Waals surface area contributed by atoms with Gasteiger partial charge in [-0.25, -0.2) is 0 Å². The zero-order chi connectivity index (χ0) is 11.6. The Morgan fingerprint density at radius 1 is 1.38 bits per heavy atom. The van der Waals surface area contributed by atoms with Crippen molar-refractivity contribution in [2.45, 2.75) is 38.6 Å². The molecule has 1 rings (SSSR count). The highest BCUT2D eigenvalue weighted by atomic mass is 32.1. The summed E-state index contributed by atoms with van der Waals surface area (Å²) in [6.45, 7) is 3.91. The van der Waals surface area contributed by atoms with E-state index in [1.807, 2.05) is 7.05 Å². The molecule has 3 heteroatoms. The SMILES string of the molecule is CCCOCCC(CCc1ccsc1)NC. The molecule has 0 saturated carbocycles. The zero-order valence-electron chi connectivity index (χ0n) is 10.4. The summed E-state index contributed by atoms with van der Waals surface area (Å²) in [6, 6.07) is 2.79. The highest BCUT2D eigenvalue weighted by Gasteiger charge is 2.06. The van der Waals surface area contributed by atoms with Gasteiger partial charge in [-0.1, -0.05) is 6.92 Å². The standard InChI is InChI=1S/C13H23NOS/c1-3-8-15-9-6-13(14-2)5-4-12-7-10-16-11-12/h7,10-11,13-14H,3-6,8-9H2,1-2H3. The number of rotatable bonds is 9. The third-order valence-corrected chi connectivity index (χ3v) is 3.46. The molecule has 1 atom stereocenters. The molecule has 0 radical (unpaired) electrons. The van der Waals surface area contributed by atoms with Gasteiger partial charge in [-0.05, 0) is 55.1 Å². The average Bonchev–Trinajstić information content (AvgIpc) is 2.81. The molecule has 1 heterocycles. The van der Waals surface area contributed by atoms with Crippen LogP contribution in [0.5, 0.6) is 0 Å². The lowest BCUT2D eigenvalue weighted by atomic mass is 10.1. The van der Waals surface area contributed by atoms with E-state index in [0.717, 1.165) is 26.1 Å². The van der Waals surface area contributed by atoms with Crippen LogP contribution in [0.2, 0.25) is 0 Å². The fourth-order valence-corrected chi connectivity index (χ4v) is 2.38. The van der Waals surface area contributed by atoms with Gasteiger partial charge in [0.05, 0.1) is 0 Å². The Morgan fingerprint density at radius 3 is 2.88 bits per heavy atom. The average molecular weight is 241 g/mol. The summed E-state index contributed by atoms with van der Waals surface area (Å²) in [5.41, 5.74) is 1.46. The number of aryl methyl sites for hydroxylation is 1. The molecule has 2 nitrogen and oxygen atoms in total. The number of thiophene rings is 1. The van der Waals surface area contributed by atoms with Gasteiger partial charge in [0.2, 0.25) is 0 Å². The second kappa shape index (κ2) is 8.74. The lowest BCUT2D eigenvalue weighted by Crippen LogP contribution is -2.27. The monoisotopic (exact) mass is 241 g/mol. The van der Waals surface area contributed by atoms with Crippen molar-refractivity contribution in [1.29, 1.82) is 0 Å². The van der Waals surface area contributed by atoms with E-state index < -0.39 is 0 Å². The Labute approximate surface area is 103 Å². The normalized spacial score (nSPS) is 12.9. The van der Waals surface area contributed by atoms with Crippen LogP contribution in [0.1, 0.15) is 31.7 Å². The van der Waals surface area contributed by atoms with Gasteiger partial charge in [-0.2, -0.15) is 11.3 Å². The van der Waals surface area contributed by atoms with E-state index in [1.54, 1.807) is 11.3 Å². The van der Waals surface area contributed by atoms with Crippen LogP contribution in [-0.2, 0) is 11.2 Å². The number of hydrogen-bond acceptors (Lipinski definition) is 3. The first-order valence-corrected chi connectivity index (χ1v) is 7.07. The number of ether oxygens (including phenoxy) is 1. The summed E-state index contributed by atoms with van der Waals surface area (Å²) in [4.78, 5) is 0. The van der Waals surface area contributed by atoms with Gasteiger partial charge in [-0.3, -0.25) is 0 Å². The second-order valence-corrected chi connectivity index (χ2v) is 4.84. The van der Waals surface area contributed by atoms with Crippen LogP contribution in [-0.4, -0.2) is 26.3 Å². The van der Waals surface area contributed by atoms with E-state index >= 15 is 0 Å². The first kappa shape index (κ1) is 13.7. The largest absolute Gasteiger partial charge is 0.381 e. The quantitative estimate of drug-likeness (QED) is 0.671. The summed E-state index contributed by atoms with van der Waals surface area (Å²) in [7, 11) is 2.04. The molecule has 0 aliphatic carbocycles. The smallest absolute Gasteiger partial charge is 0.0480 e. The van der Waals surface area contributed by atoms with Gasteiger partial charge in [0.1, 0.15) is 0 Å². The maximum absolute atomic E-state index is 5.51. The molecule has 0 bridgehead atoms. The first-order valence-electron chi connectivity index (χ1n) is 6.13. The summed E-state index contributed by atoms with van der Waals surface area (Å²) >= 11 is 1.78. The Morgan fingerprint density at radius 2 is 2.25 bits per heavy atom. The molecule has 0 amide bonds. The highest BCUT2D eigenvalue weighted by Crippen LogP contribution is 2.11. The third kappa shape index (κ3) is 5.64.